The highest BCUT2D eigenvalue weighted by atomic mass is 32.2. The molecule has 1 unspecified atom stereocenters. The van der Waals surface area contributed by atoms with Gasteiger partial charge in [0, 0.05) is 18.7 Å². The molecule has 1 aromatic carbocycles. The van der Waals surface area contributed by atoms with Crippen molar-refractivity contribution in [1.29, 1.82) is 0 Å². The Morgan fingerprint density at radius 3 is 2.46 bits per heavy atom. The van der Waals surface area contributed by atoms with Gasteiger partial charge in [0.05, 0.1) is 24.7 Å². The number of methoxy groups -OCH3 is 1. The van der Waals surface area contributed by atoms with Crippen LogP contribution in [-0.2, 0) is 11.4 Å². The largest absolute Gasteiger partial charge is 0.593 e. The predicted molar refractivity (Wildman–Crippen MR) is 93.5 cm³/mol. The van der Waals surface area contributed by atoms with E-state index >= 15 is 0 Å². The third-order valence-electron chi connectivity index (χ3n) is 3.32. The van der Waals surface area contributed by atoms with Crippen LogP contribution >= 0.6 is 0 Å². The molecular formula is C15H21N5O3S. The standard InChI is InChI=1S/C15H21N5O3S/c1-8(2)9-5-11(22-4)13(24(21)18-3)6-10(9)23-12-7-19-15(17)20-14(12)16/h5-8,18H,1-4H3,(H4,16,17,19,20). The molecule has 0 spiro atoms. The molecule has 130 valence electrons. The van der Waals surface area contributed by atoms with Crippen LogP contribution in [0.3, 0.4) is 0 Å². The Bertz CT molecular complexity index is 726. The number of hydrogen-bond donors (Lipinski definition) is 3. The number of nitrogens with one attached hydrogen (secondary N) is 1. The highest BCUT2D eigenvalue weighted by Crippen LogP contribution is 2.38. The van der Waals surface area contributed by atoms with E-state index in [-0.39, 0.29) is 23.4 Å². The number of rotatable bonds is 6. The molecule has 0 aliphatic carbocycles. The fourth-order valence-electron chi connectivity index (χ4n) is 2.11. The molecule has 0 aliphatic heterocycles. The Balaban J connectivity index is 2.53. The van der Waals surface area contributed by atoms with Gasteiger partial charge >= 0.3 is 0 Å². The van der Waals surface area contributed by atoms with E-state index in [2.05, 4.69) is 14.7 Å². The first-order valence-electron chi connectivity index (χ1n) is 7.24. The van der Waals surface area contributed by atoms with E-state index in [1.165, 1.54) is 13.3 Å². The molecule has 0 saturated carbocycles. The topological polar surface area (TPSA) is 131 Å². The van der Waals surface area contributed by atoms with Crippen LogP contribution in [0, 0.1) is 0 Å². The Hall–Kier alpha value is -2.23. The van der Waals surface area contributed by atoms with Crippen LogP contribution in [-0.4, -0.2) is 28.7 Å². The molecule has 24 heavy (non-hydrogen) atoms. The smallest absolute Gasteiger partial charge is 0.222 e. The van der Waals surface area contributed by atoms with Crippen LogP contribution in [0.5, 0.6) is 17.2 Å². The fourth-order valence-corrected chi connectivity index (χ4v) is 2.87. The summed E-state index contributed by atoms with van der Waals surface area (Å²) < 4.78 is 26.1. The number of aromatic nitrogens is 2. The van der Waals surface area contributed by atoms with Crippen molar-refractivity contribution in [3.05, 3.63) is 23.9 Å². The van der Waals surface area contributed by atoms with Crippen molar-refractivity contribution >= 4 is 23.1 Å². The summed E-state index contributed by atoms with van der Waals surface area (Å²) in [4.78, 5) is 8.22. The van der Waals surface area contributed by atoms with E-state index < -0.39 is 11.4 Å². The number of nitrogens with zero attached hydrogens (tertiary/aromatic N) is 2. The van der Waals surface area contributed by atoms with Crippen molar-refractivity contribution in [3.8, 4) is 17.2 Å². The molecule has 1 heterocycles. The van der Waals surface area contributed by atoms with Crippen LogP contribution in [0.25, 0.3) is 0 Å². The van der Waals surface area contributed by atoms with Gasteiger partial charge in [0.15, 0.2) is 17.3 Å². The van der Waals surface area contributed by atoms with Gasteiger partial charge in [-0.15, -0.1) is 4.72 Å². The third kappa shape index (κ3) is 3.81. The minimum Gasteiger partial charge on any atom is -0.593 e. The SMILES string of the molecule is CN[S+]([O-])c1cc(Oc2cnc(N)nc2N)c(C(C)C)cc1OC. The van der Waals surface area contributed by atoms with Gasteiger partial charge in [-0.05, 0) is 12.0 Å². The molecule has 0 aliphatic rings. The molecule has 0 amide bonds. The molecule has 0 fully saturated rings. The number of nitrogen functional groups attached to an aromatic ring is 2. The quantitative estimate of drug-likeness (QED) is 0.671. The summed E-state index contributed by atoms with van der Waals surface area (Å²) in [5.41, 5.74) is 12.2. The summed E-state index contributed by atoms with van der Waals surface area (Å²) in [5.74, 6) is 1.63. The van der Waals surface area contributed by atoms with Crippen LogP contribution in [0.1, 0.15) is 25.3 Å². The Morgan fingerprint density at radius 2 is 1.92 bits per heavy atom. The van der Waals surface area contributed by atoms with Crippen LogP contribution in [0.15, 0.2) is 23.2 Å². The molecule has 0 saturated heterocycles. The van der Waals surface area contributed by atoms with Gasteiger partial charge in [0.1, 0.15) is 5.75 Å². The highest BCUT2D eigenvalue weighted by molar-refractivity contribution is 7.89. The molecule has 5 N–H and O–H groups in total. The van der Waals surface area contributed by atoms with Crippen molar-refractivity contribution in [3.63, 3.8) is 0 Å². The van der Waals surface area contributed by atoms with Gasteiger partial charge in [-0.25, -0.2) is 4.98 Å². The number of nitrogens with two attached hydrogens (primary N) is 2. The van der Waals surface area contributed by atoms with Crippen LogP contribution < -0.4 is 25.7 Å². The number of hydrogen-bond acceptors (Lipinski definition) is 8. The van der Waals surface area contributed by atoms with Gasteiger partial charge < -0.3 is 25.5 Å². The van der Waals surface area contributed by atoms with Gasteiger partial charge in [0.2, 0.25) is 10.8 Å². The Labute approximate surface area is 143 Å². The summed E-state index contributed by atoms with van der Waals surface area (Å²) in [7, 11) is 3.13. The number of anilines is 2. The molecule has 1 aromatic heterocycles. The molecule has 2 rings (SSSR count). The maximum atomic E-state index is 12.2. The molecular weight excluding hydrogens is 330 g/mol. The average molecular weight is 351 g/mol. The first-order chi connectivity index (χ1) is 11.4. The zero-order chi connectivity index (χ0) is 17.9. The van der Waals surface area contributed by atoms with Crippen molar-refractivity contribution in [2.75, 3.05) is 25.6 Å². The first kappa shape index (κ1) is 18.1. The summed E-state index contributed by atoms with van der Waals surface area (Å²) >= 11 is -1.44. The molecule has 9 heteroatoms. The minimum absolute atomic E-state index is 0.0654. The van der Waals surface area contributed by atoms with Crippen molar-refractivity contribution in [2.45, 2.75) is 24.7 Å². The monoisotopic (exact) mass is 351 g/mol. The predicted octanol–water partition coefficient (Wildman–Crippen LogP) is 1.81. The number of benzene rings is 1. The van der Waals surface area contributed by atoms with E-state index in [0.717, 1.165) is 5.56 Å². The van der Waals surface area contributed by atoms with E-state index in [1.54, 1.807) is 19.2 Å². The van der Waals surface area contributed by atoms with Crippen LogP contribution in [0.2, 0.25) is 0 Å². The zero-order valence-corrected chi connectivity index (χ0v) is 14.8. The second-order valence-electron chi connectivity index (χ2n) is 5.25. The van der Waals surface area contributed by atoms with E-state index in [1.807, 2.05) is 13.8 Å². The summed E-state index contributed by atoms with van der Waals surface area (Å²) in [6.07, 6.45) is 1.40. The maximum absolute atomic E-state index is 12.2. The molecule has 0 bridgehead atoms. The van der Waals surface area contributed by atoms with E-state index in [4.69, 9.17) is 20.9 Å². The molecule has 0 radical (unpaired) electrons. The summed E-state index contributed by atoms with van der Waals surface area (Å²) in [6, 6.07) is 3.47. The highest BCUT2D eigenvalue weighted by Gasteiger charge is 2.23. The Morgan fingerprint density at radius 1 is 1.21 bits per heavy atom. The van der Waals surface area contributed by atoms with Gasteiger partial charge in [0.25, 0.3) is 0 Å². The molecule has 1 atom stereocenters. The van der Waals surface area contributed by atoms with Gasteiger partial charge in [-0.1, -0.05) is 13.8 Å². The normalized spacial score (nSPS) is 12.2. The first-order valence-corrected chi connectivity index (χ1v) is 8.39. The van der Waals surface area contributed by atoms with Crippen molar-refractivity contribution in [2.24, 2.45) is 0 Å². The zero-order valence-electron chi connectivity index (χ0n) is 14.0. The molecule has 8 nitrogen and oxygen atoms in total. The second-order valence-corrected chi connectivity index (χ2v) is 6.63. The lowest BCUT2D eigenvalue weighted by atomic mass is 10.0. The Kier molecular flexibility index (Phi) is 5.71. The third-order valence-corrected chi connectivity index (χ3v) is 4.41. The lowest BCUT2D eigenvalue weighted by molar-refractivity contribution is 0.397. The lowest BCUT2D eigenvalue weighted by Crippen LogP contribution is -2.19. The fraction of sp³-hybridized carbons (Fsp3) is 0.333. The van der Waals surface area contributed by atoms with Crippen molar-refractivity contribution in [1.82, 2.24) is 14.7 Å². The van der Waals surface area contributed by atoms with Gasteiger partial charge in [-0.3, -0.25) is 0 Å². The van der Waals surface area contributed by atoms with E-state index in [0.29, 0.717) is 16.4 Å². The summed E-state index contributed by atoms with van der Waals surface area (Å²) in [6.45, 7) is 4.03. The lowest BCUT2D eigenvalue weighted by Gasteiger charge is -2.18. The molecule has 2 aromatic rings. The van der Waals surface area contributed by atoms with Crippen molar-refractivity contribution < 1.29 is 14.0 Å². The number of ether oxygens (including phenoxy) is 2. The maximum Gasteiger partial charge on any atom is 0.222 e. The summed E-state index contributed by atoms with van der Waals surface area (Å²) in [5, 5.41) is 0. The minimum atomic E-state index is -1.44. The average Bonchev–Trinajstić information content (AvgIpc) is 2.55. The van der Waals surface area contributed by atoms with Gasteiger partial charge in [-0.2, -0.15) is 4.98 Å². The second kappa shape index (κ2) is 7.56. The van der Waals surface area contributed by atoms with Crippen LogP contribution in [0.4, 0.5) is 11.8 Å². The van der Waals surface area contributed by atoms with E-state index in [9.17, 15) is 4.55 Å².